The number of nitro groups is 1. The van der Waals surface area contributed by atoms with Crippen molar-refractivity contribution in [1.82, 2.24) is 0 Å². The lowest BCUT2D eigenvalue weighted by molar-refractivity contribution is -0.385. The average Bonchev–Trinajstić information content (AvgIpc) is 2.13. The van der Waals surface area contributed by atoms with Gasteiger partial charge in [-0.15, -0.1) is 3.89 Å². The molecule has 0 bridgehead atoms. The van der Waals surface area contributed by atoms with E-state index in [1.54, 1.807) is 13.0 Å². The van der Waals surface area contributed by atoms with Crippen LogP contribution in [0.4, 0.5) is 9.57 Å². The molecule has 0 N–H and O–H groups in total. The lowest BCUT2D eigenvalue weighted by Gasteiger charge is -2.02. The van der Waals surface area contributed by atoms with E-state index in [0.29, 0.717) is 0 Å². The molecule has 88 valence electrons. The highest BCUT2D eigenvalue weighted by molar-refractivity contribution is 7.86. The summed E-state index contributed by atoms with van der Waals surface area (Å²) in [6.45, 7) is 1.72. The first-order valence-corrected chi connectivity index (χ1v) is 6.01. The molecular formula is C9H10FNO4S. The summed E-state index contributed by atoms with van der Waals surface area (Å²) in [4.78, 5) is 10.0. The molecule has 1 aromatic carbocycles. The molecule has 0 atom stereocenters. The predicted molar refractivity (Wildman–Crippen MR) is 56.4 cm³/mol. The molecule has 5 nitrogen and oxygen atoms in total. The van der Waals surface area contributed by atoms with Gasteiger partial charge in [-0.25, -0.2) is 0 Å². The summed E-state index contributed by atoms with van der Waals surface area (Å²) < 4.78 is 33.0. The highest BCUT2D eigenvalue weighted by Gasteiger charge is 2.16. The van der Waals surface area contributed by atoms with E-state index in [2.05, 4.69) is 0 Å². The van der Waals surface area contributed by atoms with Gasteiger partial charge < -0.3 is 0 Å². The van der Waals surface area contributed by atoms with Crippen molar-refractivity contribution in [2.45, 2.75) is 13.3 Å². The Morgan fingerprint density at radius 2 is 2.06 bits per heavy atom. The van der Waals surface area contributed by atoms with Crippen LogP contribution in [-0.4, -0.2) is 19.1 Å². The Morgan fingerprint density at radius 1 is 1.44 bits per heavy atom. The van der Waals surface area contributed by atoms with Crippen LogP contribution in [-0.2, 0) is 16.6 Å². The van der Waals surface area contributed by atoms with Gasteiger partial charge in [-0.2, -0.15) is 8.42 Å². The van der Waals surface area contributed by atoms with E-state index in [4.69, 9.17) is 0 Å². The van der Waals surface area contributed by atoms with Crippen molar-refractivity contribution < 1.29 is 17.2 Å². The van der Waals surface area contributed by atoms with Crippen LogP contribution in [0, 0.1) is 17.0 Å². The first-order valence-electron chi connectivity index (χ1n) is 4.46. The summed E-state index contributed by atoms with van der Waals surface area (Å²) in [6, 6.07) is 4.32. The second kappa shape index (κ2) is 4.56. The maximum Gasteiger partial charge on any atom is 0.302 e. The molecule has 16 heavy (non-hydrogen) atoms. The van der Waals surface area contributed by atoms with E-state index in [-0.39, 0.29) is 17.7 Å². The van der Waals surface area contributed by atoms with Crippen molar-refractivity contribution in [3.63, 3.8) is 0 Å². The molecule has 0 spiro atoms. The number of nitrogens with zero attached hydrogens (tertiary/aromatic N) is 1. The van der Waals surface area contributed by atoms with Gasteiger partial charge in [0.05, 0.1) is 10.7 Å². The maximum atomic E-state index is 12.3. The Balaban J connectivity index is 3.01. The van der Waals surface area contributed by atoms with E-state index in [1.807, 2.05) is 0 Å². The van der Waals surface area contributed by atoms with Gasteiger partial charge in [0.15, 0.2) is 0 Å². The van der Waals surface area contributed by atoms with E-state index in [0.717, 1.165) is 5.56 Å². The molecular weight excluding hydrogens is 237 g/mol. The molecule has 0 saturated carbocycles. The Labute approximate surface area is 92.3 Å². The second-order valence-corrected chi connectivity index (χ2v) is 4.87. The molecule has 0 unspecified atom stereocenters. The van der Waals surface area contributed by atoms with Crippen molar-refractivity contribution >= 4 is 15.9 Å². The minimum atomic E-state index is -4.60. The van der Waals surface area contributed by atoms with Crippen LogP contribution in [0.15, 0.2) is 18.2 Å². The molecule has 1 rings (SSSR count). The minimum absolute atomic E-state index is 0.186. The van der Waals surface area contributed by atoms with Crippen molar-refractivity contribution in [2.75, 3.05) is 5.75 Å². The van der Waals surface area contributed by atoms with Crippen LogP contribution in [0.2, 0.25) is 0 Å². The van der Waals surface area contributed by atoms with Gasteiger partial charge in [0.2, 0.25) is 0 Å². The zero-order chi connectivity index (χ0) is 12.3. The molecule has 0 aliphatic heterocycles. The summed E-state index contributed by atoms with van der Waals surface area (Å²) in [5, 5.41) is 10.6. The van der Waals surface area contributed by atoms with Crippen LogP contribution < -0.4 is 0 Å². The lowest BCUT2D eigenvalue weighted by Crippen LogP contribution is -2.04. The van der Waals surface area contributed by atoms with Crippen molar-refractivity contribution in [3.05, 3.63) is 39.4 Å². The van der Waals surface area contributed by atoms with Crippen LogP contribution in [0.3, 0.4) is 0 Å². The fourth-order valence-corrected chi connectivity index (χ4v) is 1.79. The lowest BCUT2D eigenvalue weighted by atomic mass is 10.1. The number of aryl methyl sites for hydroxylation is 2. The first-order chi connectivity index (χ1) is 7.29. The fourth-order valence-electron chi connectivity index (χ4n) is 1.32. The number of nitro benzene ring substituents is 1. The second-order valence-electron chi connectivity index (χ2n) is 3.38. The molecule has 0 heterocycles. The number of benzene rings is 1. The van der Waals surface area contributed by atoms with Gasteiger partial charge >= 0.3 is 10.2 Å². The Bertz CT molecular complexity index is 512. The largest absolute Gasteiger partial charge is 0.302 e. The normalized spacial score (nSPS) is 11.4. The summed E-state index contributed by atoms with van der Waals surface area (Å²) in [5.41, 5.74) is 0.803. The monoisotopic (exact) mass is 247 g/mol. The third-order valence-electron chi connectivity index (χ3n) is 2.05. The van der Waals surface area contributed by atoms with E-state index in [1.165, 1.54) is 12.1 Å². The molecule has 0 amide bonds. The SMILES string of the molecule is Cc1ccc([N+](=O)[O-])c(CCS(=O)(=O)F)c1. The summed E-state index contributed by atoms with van der Waals surface area (Å²) in [7, 11) is -4.60. The summed E-state index contributed by atoms with van der Waals surface area (Å²) in [6.07, 6.45) is -0.198. The zero-order valence-corrected chi connectivity index (χ0v) is 9.33. The summed E-state index contributed by atoms with van der Waals surface area (Å²) >= 11 is 0. The molecule has 7 heteroatoms. The predicted octanol–water partition coefficient (Wildman–Crippen LogP) is 1.75. The zero-order valence-electron chi connectivity index (χ0n) is 8.51. The van der Waals surface area contributed by atoms with Crippen LogP contribution >= 0.6 is 0 Å². The number of rotatable bonds is 4. The van der Waals surface area contributed by atoms with Crippen molar-refractivity contribution in [2.24, 2.45) is 0 Å². The number of hydrogen-bond donors (Lipinski definition) is 0. The van der Waals surface area contributed by atoms with Gasteiger partial charge in [0.25, 0.3) is 5.69 Å². The first kappa shape index (κ1) is 12.6. The van der Waals surface area contributed by atoms with Gasteiger partial charge in [-0.05, 0) is 19.4 Å². The molecule has 0 radical (unpaired) electrons. The van der Waals surface area contributed by atoms with Crippen LogP contribution in [0.1, 0.15) is 11.1 Å². The minimum Gasteiger partial charge on any atom is -0.258 e. The standard InChI is InChI=1S/C9H10FNO4S/c1-7-2-3-9(11(12)13)8(6-7)4-5-16(10,14)15/h2-3,6H,4-5H2,1H3. The third kappa shape index (κ3) is 3.58. The molecule has 1 aromatic rings. The Morgan fingerprint density at radius 3 is 2.56 bits per heavy atom. The smallest absolute Gasteiger partial charge is 0.258 e. The Kier molecular flexibility index (Phi) is 3.58. The molecule has 0 aromatic heterocycles. The van der Waals surface area contributed by atoms with Crippen molar-refractivity contribution in [1.29, 1.82) is 0 Å². The van der Waals surface area contributed by atoms with Gasteiger partial charge in [0.1, 0.15) is 0 Å². The maximum absolute atomic E-state index is 12.3. The van der Waals surface area contributed by atoms with Crippen LogP contribution in [0.5, 0.6) is 0 Å². The molecule has 0 aliphatic rings. The number of halogens is 1. The molecule has 0 saturated heterocycles. The highest BCUT2D eigenvalue weighted by atomic mass is 32.3. The number of hydrogen-bond acceptors (Lipinski definition) is 4. The third-order valence-corrected chi connectivity index (χ3v) is 2.74. The Hall–Kier alpha value is -1.50. The van der Waals surface area contributed by atoms with Crippen LogP contribution in [0.25, 0.3) is 0 Å². The van der Waals surface area contributed by atoms with E-state index >= 15 is 0 Å². The van der Waals surface area contributed by atoms with Gasteiger partial charge in [0, 0.05) is 11.6 Å². The molecule has 0 fully saturated rings. The van der Waals surface area contributed by atoms with E-state index < -0.39 is 20.9 Å². The topological polar surface area (TPSA) is 77.3 Å². The average molecular weight is 247 g/mol. The van der Waals surface area contributed by atoms with Crippen molar-refractivity contribution in [3.8, 4) is 0 Å². The van der Waals surface area contributed by atoms with Gasteiger partial charge in [-0.1, -0.05) is 11.6 Å². The summed E-state index contributed by atoms with van der Waals surface area (Å²) in [5.74, 6) is -0.739. The van der Waals surface area contributed by atoms with Gasteiger partial charge in [-0.3, -0.25) is 10.1 Å². The van der Waals surface area contributed by atoms with E-state index in [9.17, 15) is 22.4 Å². The fraction of sp³-hybridized carbons (Fsp3) is 0.333. The quantitative estimate of drug-likeness (QED) is 0.461. The highest BCUT2D eigenvalue weighted by Crippen LogP contribution is 2.20. The molecule has 0 aliphatic carbocycles.